The van der Waals surface area contributed by atoms with Gasteiger partial charge in [0.2, 0.25) is 5.43 Å². The van der Waals surface area contributed by atoms with Gasteiger partial charge in [-0.05, 0) is 25.1 Å². The Morgan fingerprint density at radius 2 is 2.09 bits per heavy atom. The highest BCUT2D eigenvalue weighted by molar-refractivity contribution is 5.94. The molecule has 0 fully saturated rings. The molecule has 7 heteroatoms. The van der Waals surface area contributed by atoms with Gasteiger partial charge in [-0.15, -0.1) is 5.11 Å². The Labute approximate surface area is 127 Å². The first-order chi connectivity index (χ1) is 10.4. The number of fused-ring (bicyclic) bond motifs is 1. The normalized spacial score (nSPS) is 11.1. The van der Waals surface area contributed by atoms with Crippen LogP contribution in [0.1, 0.15) is 17.3 Å². The third-order valence-corrected chi connectivity index (χ3v) is 3.01. The molecule has 0 amide bonds. The molecule has 0 radical (unpaired) electrons. The van der Waals surface area contributed by atoms with E-state index in [0.717, 1.165) is 0 Å². The zero-order valence-corrected chi connectivity index (χ0v) is 13.0. The molecule has 116 valence electrons. The van der Waals surface area contributed by atoms with Crippen molar-refractivity contribution in [3.8, 4) is 0 Å². The minimum atomic E-state index is -0.610. The zero-order valence-electron chi connectivity index (χ0n) is 13.0. The van der Waals surface area contributed by atoms with Crippen LogP contribution in [-0.2, 0) is 11.8 Å². The fraction of sp³-hybridized carbons (Fsp3) is 0.333. The van der Waals surface area contributed by atoms with E-state index in [1.165, 1.54) is 6.20 Å². The van der Waals surface area contributed by atoms with Crippen molar-refractivity contribution in [3.05, 3.63) is 40.2 Å². The van der Waals surface area contributed by atoms with Crippen LogP contribution in [0.3, 0.4) is 0 Å². The van der Waals surface area contributed by atoms with E-state index in [9.17, 15) is 9.59 Å². The minimum absolute atomic E-state index is 0.0273. The minimum Gasteiger partial charge on any atom is -0.462 e. The number of pyridine rings is 1. The number of nitrogens with zero attached hydrogens (tertiary/aromatic N) is 4. The largest absolute Gasteiger partial charge is 0.462 e. The molecular formula is C15H18N4O3. The number of aromatic nitrogens is 1. The lowest BCUT2D eigenvalue weighted by molar-refractivity contribution is 0.0524. The first-order valence-corrected chi connectivity index (χ1v) is 6.83. The van der Waals surface area contributed by atoms with Crippen molar-refractivity contribution in [2.75, 3.05) is 20.7 Å². The summed E-state index contributed by atoms with van der Waals surface area (Å²) in [6, 6.07) is 5.08. The van der Waals surface area contributed by atoms with Crippen LogP contribution in [0.2, 0.25) is 0 Å². The van der Waals surface area contributed by atoms with Crippen LogP contribution in [0, 0.1) is 0 Å². The topological polar surface area (TPSA) is 76.3 Å². The maximum atomic E-state index is 12.4. The molecule has 1 aromatic carbocycles. The van der Waals surface area contributed by atoms with Crippen LogP contribution in [0.15, 0.2) is 39.5 Å². The Balaban J connectivity index is 2.57. The Hall–Kier alpha value is -2.70. The van der Waals surface area contributed by atoms with Gasteiger partial charge in [-0.3, -0.25) is 9.80 Å². The number of benzene rings is 1. The number of hydrogen-bond acceptors (Lipinski definition) is 5. The van der Waals surface area contributed by atoms with E-state index in [1.807, 2.05) is 0 Å². The van der Waals surface area contributed by atoms with Crippen molar-refractivity contribution in [3.63, 3.8) is 0 Å². The molecule has 2 rings (SSSR count). The van der Waals surface area contributed by atoms with E-state index in [2.05, 4.69) is 10.3 Å². The predicted octanol–water partition coefficient (Wildman–Crippen LogP) is 2.28. The van der Waals surface area contributed by atoms with E-state index in [0.29, 0.717) is 16.6 Å². The maximum Gasteiger partial charge on any atom is 0.343 e. The Morgan fingerprint density at radius 3 is 2.73 bits per heavy atom. The summed E-state index contributed by atoms with van der Waals surface area (Å²) in [5.41, 5.74) is 0.982. The fourth-order valence-corrected chi connectivity index (χ4v) is 2.03. The molecule has 2 aromatic rings. The maximum absolute atomic E-state index is 12.4. The van der Waals surface area contributed by atoms with E-state index < -0.39 is 5.97 Å². The molecule has 0 unspecified atom stereocenters. The van der Waals surface area contributed by atoms with Crippen LogP contribution in [0.4, 0.5) is 5.69 Å². The van der Waals surface area contributed by atoms with Crippen molar-refractivity contribution in [1.29, 1.82) is 0 Å². The number of hydrogen-bond donors (Lipinski definition) is 0. The molecule has 7 nitrogen and oxygen atoms in total. The Morgan fingerprint density at radius 1 is 1.36 bits per heavy atom. The second-order valence-electron chi connectivity index (χ2n) is 4.94. The second kappa shape index (κ2) is 6.38. The molecule has 1 aromatic heterocycles. The summed E-state index contributed by atoms with van der Waals surface area (Å²) in [6.45, 7) is 1.93. The molecule has 22 heavy (non-hydrogen) atoms. The molecule has 0 aliphatic carbocycles. The molecule has 0 bridgehead atoms. The number of ether oxygens (including phenoxy) is 1. The van der Waals surface area contributed by atoms with E-state index in [4.69, 9.17) is 4.74 Å². The van der Waals surface area contributed by atoms with Gasteiger partial charge in [0, 0.05) is 32.7 Å². The second-order valence-corrected chi connectivity index (χ2v) is 4.94. The van der Waals surface area contributed by atoms with Crippen molar-refractivity contribution in [2.24, 2.45) is 17.4 Å². The predicted molar refractivity (Wildman–Crippen MR) is 83.3 cm³/mol. The van der Waals surface area contributed by atoms with E-state index in [1.54, 1.807) is 55.8 Å². The third kappa shape index (κ3) is 3.13. The molecule has 0 spiro atoms. The summed E-state index contributed by atoms with van der Waals surface area (Å²) in [6.07, 6.45) is 1.48. The summed E-state index contributed by atoms with van der Waals surface area (Å²) < 4.78 is 6.62. The summed E-state index contributed by atoms with van der Waals surface area (Å²) in [5.74, 6) is -0.610. The monoisotopic (exact) mass is 302 g/mol. The molecule has 0 aliphatic rings. The average Bonchev–Trinajstić information content (AvgIpc) is 2.48. The van der Waals surface area contributed by atoms with Crippen LogP contribution < -0.4 is 5.43 Å². The molecule has 0 atom stereocenters. The van der Waals surface area contributed by atoms with Gasteiger partial charge in [0.15, 0.2) is 0 Å². The average molecular weight is 302 g/mol. The highest BCUT2D eigenvalue weighted by atomic mass is 16.5. The van der Waals surface area contributed by atoms with Crippen LogP contribution in [0.25, 0.3) is 10.9 Å². The van der Waals surface area contributed by atoms with Crippen LogP contribution in [-0.4, -0.2) is 36.2 Å². The molecule has 0 saturated heterocycles. The SMILES string of the molecule is CCOC(=O)c1cn(C)c2cc(/N=N/N(C)C)ccc2c1=O. The third-order valence-electron chi connectivity index (χ3n) is 3.01. The number of carbonyl (C=O) groups is 1. The molecule has 0 saturated carbocycles. The standard InChI is InChI=1S/C15H18N4O3/c1-5-22-15(21)12-9-19(4)13-8-10(16-17-18(2)3)6-7-11(13)14(12)20/h6-9H,5H2,1-4H3/b17-16+. The number of aryl methyl sites for hydroxylation is 1. The van der Waals surface area contributed by atoms with Gasteiger partial charge < -0.3 is 9.30 Å². The first-order valence-electron chi connectivity index (χ1n) is 6.83. The Bertz CT molecular complexity index is 793. The van der Waals surface area contributed by atoms with Gasteiger partial charge in [-0.1, -0.05) is 5.22 Å². The van der Waals surface area contributed by atoms with E-state index >= 15 is 0 Å². The fourth-order valence-electron chi connectivity index (χ4n) is 2.03. The lowest BCUT2D eigenvalue weighted by Gasteiger charge is -2.09. The number of carbonyl (C=O) groups excluding carboxylic acids is 1. The van der Waals surface area contributed by atoms with Crippen molar-refractivity contribution >= 4 is 22.6 Å². The molecular weight excluding hydrogens is 284 g/mol. The van der Waals surface area contributed by atoms with Gasteiger partial charge >= 0.3 is 5.97 Å². The molecule has 0 N–H and O–H groups in total. The number of esters is 1. The van der Waals surface area contributed by atoms with Crippen molar-refractivity contribution < 1.29 is 9.53 Å². The van der Waals surface area contributed by atoms with Gasteiger partial charge in [-0.2, -0.15) is 0 Å². The summed E-state index contributed by atoms with van der Waals surface area (Å²) in [5, 5.41) is 10.00. The van der Waals surface area contributed by atoms with Gasteiger partial charge in [0.05, 0.1) is 17.8 Å². The van der Waals surface area contributed by atoms with Crippen LogP contribution >= 0.6 is 0 Å². The highest BCUT2D eigenvalue weighted by Gasteiger charge is 2.15. The lowest BCUT2D eigenvalue weighted by Crippen LogP contribution is -2.20. The first kappa shape index (κ1) is 15.7. The summed E-state index contributed by atoms with van der Waals surface area (Å²) in [7, 11) is 5.30. The van der Waals surface area contributed by atoms with Gasteiger partial charge in [0.25, 0.3) is 0 Å². The quantitative estimate of drug-likeness (QED) is 0.493. The van der Waals surface area contributed by atoms with Crippen LogP contribution in [0.5, 0.6) is 0 Å². The van der Waals surface area contributed by atoms with E-state index in [-0.39, 0.29) is 17.6 Å². The molecule has 1 heterocycles. The van der Waals surface area contributed by atoms with Crippen molar-refractivity contribution in [2.45, 2.75) is 6.92 Å². The summed E-state index contributed by atoms with van der Waals surface area (Å²) >= 11 is 0. The van der Waals surface area contributed by atoms with Crippen molar-refractivity contribution in [1.82, 2.24) is 9.58 Å². The van der Waals surface area contributed by atoms with Gasteiger partial charge in [-0.25, -0.2) is 4.79 Å². The smallest absolute Gasteiger partial charge is 0.343 e. The zero-order chi connectivity index (χ0) is 16.3. The molecule has 0 aliphatic heterocycles. The lowest BCUT2D eigenvalue weighted by atomic mass is 10.1. The Kier molecular flexibility index (Phi) is 4.55. The highest BCUT2D eigenvalue weighted by Crippen LogP contribution is 2.20. The number of rotatable bonds is 4. The van der Waals surface area contributed by atoms with Gasteiger partial charge in [0.1, 0.15) is 5.56 Å². The summed E-state index contributed by atoms with van der Waals surface area (Å²) in [4.78, 5) is 24.2.